The first-order valence-corrected chi connectivity index (χ1v) is 3.31. The second kappa shape index (κ2) is 3.71. The lowest BCUT2D eigenvalue weighted by Crippen LogP contribution is -1.97. The second-order valence-corrected chi connectivity index (χ2v) is 2.11. The van der Waals surface area contributed by atoms with Gasteiger partial charge in [0.25, 0.3) is 0 Å². The van der Waals surface area contributed by atoms with Crippen LogP contribution in [0.2, 0.25) is 0 Å². The molecule has 0 fully saturated rings. The molecule has 0 atom stereocenters. The van der Waals surface area contributed by atoms with Crippen LogP contribution in [0.4, 0.5) is 10.1 Å². The van der Waals surface area contributed by atoms with Crippen LogP contribution in [0.1, 0.15) is 0 Å². The van der Waals surface area contributed by atoms with Crippen LogP contribution in [0.15, 0.2) is 18.2 Å². The van der Waals surface area contributed by atoms with E-state index < -0.39 is 5.82 Å². The number of rotatable bonds is 3. The molecule has 0 aliphatic carbocycles. The van der Waals surface area contributed by atoms with Gasteiger partial charge in [0.1, 0.15) is 11.6 Å². The highest BCUT2D eigenvalue weighted by Gasteiger charge is 2.01. The number of amides is 1. The summed E-state index contributed by atoms with van der Waals surface area (Å²) in [6.45, 7) is 0. The molecule has 1 N–H and O–H groups in total. The SMILES string of the molecule is COc1ccc(F)c(NC=O)c1. The largest absolute Gasteiger partial charge is 0.497 e. The van der Waals surface area contributed by atoms with Crippen molar-refractivity contribution in [2.24, 2.45) is 0 Å². The standard InChI is InChI=1S/C8H8FNO2/c1-12-6-2-3-7(9)8(4-6)10-5-11/h2-5H,1H3,(H,10,11). The molecule has 1 amide bonds. The maximum atomic E-state index is 12.8. The zero-order chi connectivity index (χ0) is 8.97. The van der Waals surface area contributed by atoms with Crippen molar-refractivity contribution in [1.29, 1.82) is 0 Å². The molecule has 0 spiro atoms. The number of carbonyl (C=O) groups excluding carboxylic acids is 1. The predicted octanol–water partition coefficient (Wildman–Crippen LogP) is 1.40. The van der Waals surface area contributed by atoms with Crippen LogP contribution in [-0.2, 0) is 4.79 Å². The summed E-state index contributed by atoms with van der Waals surface area (Å²) in [7, 11) is 1.47. The molecule has 4 heteroatoms. The Morgan fingerprint density at radius 3 is 2.92 bits per heavy atom. The van der Waals surface area contributed by atoms with Crippen LogP contribution in [-0.4, -0.2) is 13.5 Å². The fraction of sp³-hybridized carbons (Fsp3) is 0.125. The van der Waals surface area contributed by atoms with Crippen LogP contribution in [0.5, 0.6) is 5.75 Å². The smallest absolute Gasteiger partial charge is 0.211 e. The number of benzene rings is 1. The molecular weight excluding hydrogens is 161 g/mol. The van der Waals surface area contributed by atoms with E-state index in [9.17, 15) is 9.18 Å². The molecule has 0 radical (unpaired) electrons. The Balaban J connectivity index is 2.99. The summed E-state index contributed by atoms with van der Waals surface area (Å²) in [5.74, 6) is 0.0173. The van der Waals surface area contributed by atoms with E-state index in [0.717, 1.165) is 0 Å². The van der Waals surface area contributed by atoms with E-state index in [1.807, 2.05) is 0 Å². The zero-order valence-electron chi connectivity index (χ0n) is 6.50. The van der Waals surface area contributed by atoms with Gasteiger partial charge in [-0.15, -0.1) is 0 Å². The van der Waals surface area contributed by atoms with Crippen molar-refractivity contribution < 1.29 is 13.9 Å². The number of ether oxygens (including phenoxy) is 1. The van der Waals surface area contributed by atoms with E-state index in [4.69, 9.17) is 4.74 Å². The van der Waals surface area contributed by atoms with E-state index in [2.05, 4.69) is 5.32 Å². The lowest BCUT2D eigenvalue weighted by Gasteiger charge is -2.03. The van der Waals surface area contributed by atoms with Crippen molar-refractivity contribution in [3.63, 3.8) is 0 Å². The molecule has 0 saturated heterocycles. The monoisotopic (exact) mass is 169 g/mol. The van der Waals surface area contributed by atoms with Crippen molar-refractivity contribution in [2.75, 3.05) is 12.4 Å². The topological polar surface area (TPSA) is 38.3 Å². The van der Waals surface area contributed by atoms with Crippen LogP contribution < -0.4 is 10.1 Å². The van der Waals surface area contributed by atoms with Crippen molar-refractivity contribution in [3.05, 3.63) is 24.0 Å². The number of carbonyl (C=O) groups is 1. The Labute approximate surface area is 69.2 Å². The summed E-state index contributed by atoms with van der Waals surface area (Å²) in [6, 6.07) is 4.11. The third-order valence-electron chi connectivity index (χ3n) is 1.39. The highest BCUT2D eigenvalue weighted by Crippen LogP contribution is 2.20. The van der Waals surface area contributed by atoms with Gasteiger partial charge in [0.15, 0.2) is 0 Å². The molecule has 1 aromatic carbocycles. The van der Waals surface area contributed by atoms with E-state index in [1.54, 1.807) is 0 Å². The summed E-state index contributed by atoms with van der Waals surface area (Å²) in [5, 5.41) is 2.21. The highest BCUT2D eigenvalue weighted by atomic mass is 19.1. The van der Waals surface area contributed by atoms with Crippen molar-refractivity contribution in [1.82, 2.24) is 0 Å². The summed E-state index contributed by atoms with van der Waals surface area (Å²) in [5.41, 5.74) is 0.115. The third-order valence-corrected chi connectivity index (χ3v) is 1.39. The predicted molar refractivity (Wildman–Crippen MR) is 42.6 cm³/mol. The average Bonchev–Trinajstić information content (AvgIpc) is 2.09. The van der Waals surface area contributed by atoms with Gasteiger partial charge in [0.2, 0.25) is 6.41 Å². The van der Waals surface area contributed by atoms with Gasteiger partial charge in [0, 0.05) is 6.07 Å². The van der Waals surface area contributed by atoms with E-state index in [1.165, 1.54) is 25.3 Å². The second-order valence-electron chi connectivity index (χ2n) is 2.11. The maximum Gasteiger partial charge on any atom is 0.211 e. The number of hydrogen-bond donors (Lipinski definition) is 1. The van der Waals surface area contributed by atoms with Gasteiger partial charge in [-0.3, -0.25) is 4.79 Å². The van der Waals surface area contributed by atoms with Crippen LogP contribution >= 0.6 is 0 Å². The van der Waals surface area contributed by atoms with Gasteiger partial charge in [-0.2, -0.15) is 0 Å². The zero-order valence-corrected chi connectivity index (χ0v) is 6.50. The summed E-state index contributed by atoms with van der Waals surface area (Å²) >= 11 is 0. The molecule has 64 valence electrons. The van der Waals surface area contributed by atoms with Gasteiger partial charge in [-0.1, -0.05) is 0 Å². The Kier molecular flexibility index (Phi) is 2.63. The lowest BCUT2D eigenvalue weighted by molar-refractivity contribution is -0.105. The van der Waals surface area contributed by atoms with Crippen LogP contribution in [0, 0.1) is 5.82 Å². The molecule has 0 aliphatic heterocycles. The number of methoxy groups -OCH3 is 1. The lowest BCUT2D eigenvalue weighted by atomic mass is 10.3. The molecule has 12 heavy (non-hydrogen) atoms. The molecular formula is C8H8FNO2. The summed E-state index contributed by atoms with van der Waals surface area (Å²) in [6.07, 6.45) is 0.415. The molecule has 0 bridgehead atoms. The average molecular weight is 169 g/mol. The minimum absolute atomic E-state index is 0.115. The minimum atomic E-state index is -0.483. The van der Waals surface area contributed by atoms with Crippen molar-refractivity contribution in [3.8, 4) is 5.75 Å². The third kappa shape index (κ3) is 1.72. The van der Waals surface area contributed by atoms with E-state index >= 15 is 0 Å². The fourth-order valence-electron chi connectivity index (χ4n) is 0.805. The van der Waals surface area contributed by atoms with E-state index in [0.29, 0.717) is 12.2 Å². The number of anilines is 1. The highest BCUT2D eigenvalue weighted by molar-refractivity contribution is 5.72. The molecule has 0 saturated carbocycles. The van der Waals surface area contributed by atoms with Gasteiger partial charge in [0.05, 0.1) is 12.8 Å². The molecule has 3 nitrogen and oxygen atoms in total. The molecule has 1 aromatic rings. The number of halogens is 1. The number of hydrogen-bond acceptors (Lipinski definition) is 2. The maximum absolute atomic E-state index is 12.8. The summed E-state index contributed by atoms with van der Waals surface area (Å²) in [4.78, 5) is 10.0. The molecule has 0 heterocycles. The quantitative estimate of drug-likeness (QED) is 0.694. The van der Waals surface area contributed by atoms with Gasteiger partial charge in [-0.25, -0.2) is 4.39 Å². The Hall–Kier alpha value is -1.58. The van der Waals surface area contributed by atoms with Gasteiger partial charge >= 0.3 is 0 Å². The van der Waals surface area contributed by atoms with Crippen molar-refractivity contribution >= 4 is 12.1 Å². The van der Waals surface area contributed by atoms with Gasteiger partial charge in [-0.05, 0) is 12.1 Å². The molecule has 0 aromatic heterocycles. The van der Waals surface area contributed by atoms with Crippen LogP contribution in [0.25, 0.3) is 0 Å². The summed E-state index contributed by atoms with van der Waals surface area (Å²) < 4.78 is 17.6. The van der Waals surface area contributed by atoms with Gasteiger partial charge < -0.3 is 10.1 Å². The molecule has 0 unspecified atom stereocenters. The first kappa shape index (κ1) is 8.52. The molecule has 1 rings (SSSR count). The Morgan fingerprint density at radius 1 is 1.58 bits per heavy atom. The van der Waals surface area contributed by atoms with E-state index in [-0.39, 0.29) is 5.69 Å². The molecule has 0 aliphatic rings. The normalized spacial score (nSPS) is 9.17. The fourth-order valence-corrected chi connectivity index (χ4v) is 0.805. The number of nitrogens with one attached hydrogen (secondary N) is 1. The Morgan fingerprint density at radius 2 is 2.33 bits per heavy atom. The van der Waals surface area contributed by atoms with Crippen molar-refractivity contribution in [2.45, 2.75) is 0 Å². The minimum Gasteiger partial charge on any atom is -0.497 e. The van der Waals surface area contributed by atoms with Crippen LogP contribution in [0.3, 0.4) is 0 Å². The first-order valence-electron chi connectivity index (χ1n) is 3.31. The Bertz CT molecular complexity index is 288. The first-order chi connectivity index (χ1) is 5.77.